The first-order valence-corrected chi connectivity index (χ1v) is 12.5. The molecule has 5 rings (SSSR count). The van der Waals surface area contributed by atoms with Crippen LogP contribution in [0.15, 0.2) is 79.4 Å². The molecule has 32 heavy (non-hydrogen) atoms. The average molecular weight is 426 g/mol. The molecule has 3 aromatic carbocycles. The van der Waals surface area contributed by atoms with Crippen LogP contribution in [0.1, 0.15) is 75.0 Å². The van der Waals surface area contributed by atoms with Crippen molar-refractivity contribution in [1.82, 2.24) is 4.90 Å². The first-order valence-electron chi connectivity index (χ1n) is 12.5. The van der Waals surface area contributed by atoms with Gasteiger partial charge in [0.15, 0.2) is 6.23 Å². The number of piperidine rings is 1. The van der Waals surface area contributed by atoms with Gasteiger partial charge in [-0.1, -0.05) is 86.0 Å². The van der Waals surface area contributed by atoms with Gasteiger partial charge in [-0.25, -0.2) is 0 Å². The van der Waals surface area contributed by atoms with Crippen molar-refractivity contribution in [3.8, 4) is 5.75 Å². The number of unbranched alkanes of at least 4 members (excludes halogenated alkanes) is 4. The summed E-state index contributed by atoms with van der Waals surface area (Å²) >= 11 is 0. The van der Waals surface area contributed by atoms with E-state index in [2.05, 4.69) is 78.2 Å². The number of hydrogen-bond donors (Lipinski definition) is 0. The molecular weight excluding hydrogens is 390 g/mol. The predicted molar refractivity (Wildman–Crippen MR) is 134 cm³/mol. The summed E-state index contributed by atoms with van der Waals surface area (Å²) in [7, 11) is 0. The molecule has 3 aromatic rings. The molecule has 2 heteroatoms. The Labute approximate surface area is 192 Å². The zero-order valence-corrected chi connectivity index (χ0v) is 19.1. The van der Waals surface area contributed by atoms with Crippen LogP contribution in [0.2, 0.25) is 0 Å². The summed E-state index contributed by atoms with van der Waals surface area (Å²) in [5.74, 6) is 1.07. The molecule has 166 valence electrons. The van der Waals surface area contributed by atoms with E-state index in [1.807, 2.05) is 6.08 Å². The van der Waals surface area contributed by atoms with Gasteiger partial charge in [-0.3, -0.25) is 4.90 Å². The number of rotatable bonds is 8. The van der Waals surface area contributed by atoms with Crippen LogP contribution in [0.5, 0.6) is 5.75 Å². The molecule has 2 heterocycles. The van der Waals surface area contributed by atoms with Crippen LogP contribution in [0.25, 0.3) is 10.8 Å². The van der Waals surface area contributed by atoms with Gasteiger partial charge >= 0.3 is 0 Å². The first kappa shape index (κ1) is 21.3. The highest BCUT2D eigenvalue weighted by Gasteiger charge is 2.43. The second-order valence-electron chi connectivity index (χ2n) is 9.40. The summed E-state index contributed by atoms with van der Waals surface area (Å²) in [5.41, 5.74) is 2.74. The van der Waals surface area contributed by atoms with E-state index in [9.17, 15) is 0 Å². The van der Waals surface area contributed by atoms with E-state index in [0.717, 1.165) is 18.6 Å². The number of fused-ring (bicyclic) bond motifs is 4. The van der Waals surface area contributed by atoms with Gasteiger partial charge < -0.3 is 4.74 Å². The highest BCUT2D eigenvalue weighted by atomic mass is 16.5. The number of nitrogens with zero attached hydrogens (tertiary/aromatic N) is 1. The summed E-state index contributed by atoms with van der Waals surface area (Å²) in [6, 6.07) is 25.1. The fourth-order valence-electron chi connectivity index (χ4n) is 5.80. The molecule has 0 aliphatic carbocycles. The van der Waals surface area contributed by atoms with Crippen LogP contribution in [-0.4, -0.2) is 17.2 Å². The maximum atomic E-state index is 6.70. The maximum Gasteiger partial charge on any atom is 0.153 e. The van der Waals surface area contributed by atoms with Crippen molar-refractivity contribution >= 4 is 10.8 Å². The van der Waals surface area contributed by atoms with Crippen molar-refractivity contribution in [2.24, 2.45) is 0 Å². The molecule has 1 fully saturated rings. The fraction of sp³-hybridized carbons (Fsp3) is 0.400. The lowest BCUT2D eigenvalue weighted by Crippen LogP contribution is -2.53. The van der Waals surface area contributed by atoms with Crippen LogP contribution < -0.4 is 4.74 Å². The molecule has 0 bridgehead atoms. The van der Waals surface area contributed by atoms with E-state index in [1.165, 1.54) is 66.8 Å². The molecule has 1 saturated heterocycles. The van der Waals surface area contributed by atoms with Gasteiger partial charge in [-0.2, -0.15) is 0 Å². The van der Waals surface area contributed by atoms with Crippen molar-refractivity contribution in [2.45, 2.75) is 76.1 Å². The zero-order chi connectivity index (χ0) is 21.8. The fourth-order valence-corrected chi connectivity index (χ4v) is 5.80. The van der Waals surface area contributed by atoms with E-state index in [4.69, 9.17) is 4.74 Å². The second-order valence-corrected chi connectivity index (χ2v) is 9.40. The summed E-state index contributed by atoms with van der Waals surface area (Å²) in [6.45, 7) is 3.85. The van der Waals surface area contributed by atoms with Gasteiger partial charge in [0.05, 0.1) is 6.04 Å². The Hall–Kier alpha value is -2.58. The monoisotopic (exact) mass is 425 g/mol. The molecule has 0 spiro atoms. The van der Waals surface area contributed by atoms with Crippen molar-refractivity contribution in [3.63, 3.8) is 0 Å². The molecular formula is C30H35NO. The molecule has 2 aliphatic rings. The molecule has 3 atom stereocenters. The van der Waals surface area contributed by atoms with Gasteiger partial charge in [-0.05, 0) is 60.9 Å². The minimum absolute atomic E-state index is 0.174. The Bertz CT molecular complexity index is 1040. The van der Waals surface area contributed by atoms with Crippen molar-refractivity contribution < 1.29 is 4.74 Å². The Morgan fingerprint density at radius 1 is 0.875 bits per heavy atom. The van der Waals surface area contributed by atoms with Gasteiger partial charge in [0.2, 0.25) is 0 Å². The SMILES string of the molecule is C=CCCCCCC[C@@H]1CCC[C@@H]2Oc3ccc4ccccc4c3[C@@H](c3ccccc3)N12. The quantitative estimate of drug-likeness (QED) is 0.267. The van der Waals surface area contributed by atoms with Crippen molar-refractivity contribution in [3.05, 3.63) is 90.5 Å². The zero-order valence-electron chi connectivity index (χ0n) is 19.1. The van der Waals surface area contributed by atoms with E-state index in [1.54, 1.807) is 0 Å². The van der Waals surface area contributed by atoms with Gasteiger partial charge in [0, 0.05) is 11.6 Å². The number of ether oxygens (including phenoxy) is 1. The van der Waals surface area contributed by atoms with E-state index in [-0.39, 0.29) is 12.3 Å². The van der Waals surface area contributed by atoms with E-state index in [0.29, 0.717) is 6.04 Å². The smallest absolute Gasteiger partial charge is 0.153 e. The van der Waals surface area contributed by atoms with Crippen LogP contribution in [0.4, 0.5) is 0 Å². The third-order valence-electron chi connectivity index (χ3n) is 7.32. The Morgan fingerprint density at radius 2 is 1.69 bits per heavy atom. The Morgan fingerprint density at radius 3 is 2.56 bits per heavy atom. The molecule has 0 N–H and O–H groups in total. The lowest BCUT2D eigenvalue weighted by Gasteiger charge is -2.50. The highest BCUT2D eigenvalue weighted by molar-refractivity contribution is 5.89. The second kappa shape index (κ2) is 9.92. The predicted octanol–water partition coefficient (Wildman–Crippen LogP) is 8.03. The average Bonchev–Trinajstić information content (AvgIpc) is 2.85. The molecule has 2 nitrogen and oxygen atoms in total. The maximum absolute atomic E-state index is 6.70. The third-order valence-corrected chi connectivity index (χ3v) is 7.32. The normalized spacial score (nSPS) is 22.7. The summed E-state index contributed by atoms with van der Waals surface area (Å²) in [6.07, 6.45) is 13.5. The van der Waals surface area contributed by atoms with Crippen LogP contribution >= 0.6 is 0 Å². The third kappa shape index (κ3) is 4.21. The lowest BCUT2D eigenvalue weighted by atomic mass is 9.85. The van der Waals surface area contributed by atoms with Crippen LogP contribution in [0, 0.1) is 0 Å². The molecule has 2 aliphatic heterocycles. The lowest BCUT2D eigenvalue weighted by molar-refractivity contribution is -0.0770. The van der Waals surface area contributed by atoms with Crippen molar-refractivity contribution in [1.29, 1.82) is 0 Å². The topological polar surface area (TPSA) is 12.5 Å². The van der Waals surface area contributed by atoms with Gasteiger partial charge in [0.25, 0.3) is 0 Å². The molecule has 0 saturated carbocycles. The summed E-state index contributed by atoms with van der Waals surface area (Å²) < 4.78 is 6.70. The Kier molecular flexibility index (Phi) is 6.59. The molecule has 0 amide bonds. The van der Waals surface area contributed by atoms with E-state index < -0.39 is 0 Å². The summed E-state index contributed by atoms with van der Waals surface area (Å²) in [5, 5.41) is 2.62. The van der Waals surface area contributed by atoms with Crippen LogP contribution in [-0.2, 0) is 0 Å². The molecule has 0 unspecified atom stereocenters. The van der Waals surface area contributed by atoms with Gasteiger partial charge in [0.1, 0.15) is 5.75 Å². The standard InChI is InChI=1S/C30H35NO/c1-2-3-4-5-6-10-17-25-18-13-20-28-31(25)30(24-15-8-7-9-16-24)29-26-19-12-11-14-23(26)21-22-27(29)32-28/h2,7-9,11-12,14-16,19,21-22,25,28,30H,1,3-6,10,13,17-18,20H2/t25-,28+,30-/m1/s1. The Balaban J connectivity index is 1.50. The minimum Gasteiger partial charge on any atom is -0.475 e. The first-order chi connectivity index (χ1) is 15.9. The largest absolute Gasteiger partial charge is 0.475 e. The van der Waals surface area contributed by atoms with Crippen LogP contribution in [0.3, 0.4) is 0 Å². The van der Waals surface area contributed by atoms with Crippen molar-refractivity contribution in [2.75, 3.05) is 0 Å². The minimum atomic E-state index is 0.174. The number of benzene rings is 3. The number of allylic oxidation sites excluding steroid dienone is 1. The highest BCUT2D eigenvalue weighted by Crippen LogP contribution is 2.48. The van der Waals surface area contributed by atoms with E-state index >= 15 is 0 Å². The molecule has 0 aromatic heterocycles. The summed E-state index contributed by atoms with van der Waals surface area (Å²) in [4.78, 5) is 2.73. The number of hydrogen-bond acceptors (Lipinski definition) is 2. The van der Waals surface area contributed by atoms with Gasteiger partial charge in [-0.15, -0.1) is 6.58 Å². The molecule has 0 radical (unpaired) electrons.